The SMILES string of the molecule is COCCOCCOCCOC(=O)C(C#N)=Cc1ccc(C=Cc2ccc(N(C)C)cc2)cc1. The maximum atomic E-state index is 12.2. The molecule has 0 fully saturated rings. The summed E-state index contributed by atoms with van der Waals surface area (Å²) in [6, 6.07) is 17.7. The highest BCUT2D eigenvalue weighted by Gasteiger charge is 2.10. The van der Waals surface area contributed by atoms with E-state index < -0.39 is 5.97 Å². The first-order valence-corrected chi connectivity index (χ1v) is 11.0. The summed E-state index contributed by atoms with van der Waals surface area (Å²) in [4.78, 5) is 14.2. The van der Waals surface area contributed by atoms with Crippen molar-refractivity contribution in [3.63, 3.8) is 0 Å². The lowest BCUT2D eigenvalue weighted by atomic mass is 10.1. The third-order valence-electron chi connectivity index (χ3n) is 4.73. The van der Waals surface area contributed by atoms with Crippen LogP contribution < -0.4 is 4.90 Å². The Bertz CT molecular complexity index is 974. The van der Waals surface area contributed by atoms with Crippen molar-refractivity contribution < 1.29 is 23.7 Å². The van der Waals surface area contributed by atoms with Gasteiger partial charge < -0.3 is 23.8 Å². The number of rotatable bonds is 14. The smallest absolute Gasteiger partial charge is 0.348 e. The maximum Gasteiger partial charge on any atom is 0.348 e. The van der Waals surface area contributed by atoms with E-state index in [4.69, 9.17) is 18.9 Å². The molecule has 0 unspecified atom stereocenters. The number of methoxy groups -OCH3 is 1. The topological polar surface area (TPSA) is 81.0 Å². The molecule has 0 radical (unpaired) electrons. The molecular weight excluding hydrogens is 432 g/mol. The Morgan fingerprint density at radius 2 is 1.32 bits per heavy atom. The number of carbonyl (C=O) groups is 1. The van der Waals surface area contributed by atoms with E-state index in [0.29, 0.717) is 26.4 Å². The monoisotopic (exact) mass is 464 g/mol. The Morgan fingerprint density at radius 1 is 0.824 bits per heavy atom. The van der Waals surface area contributed by atoms with Crippen molar-refractivity contribution in [1.29, 1.82) is 5.26 Å². The second-order valence-corrected chi connectivity index (χ2v) is 7.51. The first-order valence-electron chi connectivity index (χ1n) is 11.0. The molecule has 0 aliphatic carbocycles. The van der Waals surface area contributed by atoms with Gasteiger partial charge in [0.05, 0.1) is 33.0 Å². The number of anilines is 1. The van der Waals surface area contributed by atoms with Crippen molar-refractivity contribution in [2.24, 2.45) is 0 Å². The third kappa shape index (κ3) is 10.0. The van der Waals surface area contributed by atoms with Crippen LogP contribution in [0.5, 0.6) is 0 Å². The Labute approximate surface area is 201 Å². The maximum absolute atomic E-state index is 12.2. The van der Waals surface area contributed by atoms with Crippen LogP contribution in [-0.2, 0) is 23.7 Å². The van der Waals surface area contributed by atoms with Crippen molar-refractivity contribution >= 4 is 29.9 Å². The fourth-order valence-corrected chi connectivity index (χ4v) is 2.82. The Morgan fingerprint density at radius 3 is 1.85 bits per heavy atom. The second-order valence-electron chi connectivity index (χ2n) is 7.51. The number of benzene rings is 2. The van der Waals surface area contributed by atoms with Gasteiger partial charge in [-0.2, -0.15) is 5.26 Å². The molecule has 0 saturated heterocycles. The highest BCUT2D eigenvalue weighted by molar-refractivity contribution is 5.97. The van der Waals surface area contributed by atoms with Gasteiger partial charge in [0.25, 0.3) is 0 Å². The minimum Gasteiger partial charge on any atom is -0.459 e. The van der Waals surface area contributed by atoms with Crippen LogP contribution in [0.1, 0.15) is 16.7 Å². The molecule has 0 bridgehead atoms. The van der Waals surface area contributed by atoms with Crippen LogP contribution in [-0.4, -0.2) is 66.8 Å². The van der Waals surface area contributed by atoms with Crippen molar-refractivity contribution in [1.82, 2.24) is 0 Å². The first-order chi connectivity index (χ1) is 16.5. The van der Waals surface area contributed by atoms with Gasteiger partial charge >= 0.3 is 5.97 Å². The summed E-state index contributed by atoms with van der Waals surface area (Å²) in [6.45, 7) is 2.17. The lowest BCUT2D eigenvalue weighted by Gasteiger charge is -2.11. The van der Waals surface area contributed by atoms with E-state index in [1.165, 1.54) is 6.08 Å². The van der Waals surface area contributed by atoms with Crippen molar-refractivity contribution in [3.8, 4) is 6.07 Å². The van der Waals surface area contributed by atoms with Gasteiger partial charge in [0, 0.05) is 26.9 Å². The zero-order chi connectivity index (χ0) is 24.6. The van der Waals surface area contributed by atoms with Gasteiger partial charge in [-0.05, 0) is 34.9 Å². The molecule has 0 aliphatic rings. The Balaban J connectivity index is 1.80. The van der Waals surface area contributed by atoms with Crippen LogP contribution in [0.2, 0.25) is 0 Å². The molecule has 0 atom stereocenters. The first kappa shape index (κ1) is 26.8. The number of nitrogens with zero attached hydrogens (tertiary/aromatic N) is 2. The fourth-order valence-electron chi connectivity index (χ4n) is 2.82. The molecule has 2 aromatic carbocycles. The molecular formula is C27H32N2O5. The summed E-state index contributed by atoms with van der Waals surface area (Å²) in [6.07, 6.45) is 5.57. The van der Waals surface area contributed by atoms with E-state index in [1.54, 1.807) is 7.11 Å². The molecule has 0 spiro atoms. The summed E-state index contributed by atoms with van der Waals surface area (Å²) >= 11 is 0. The normalized spacial score (nSPS) is 11.4. The summed E-state index contributed by atoms with van der Waals surface area (Å²) in [5.74, 6) is -0.674. The molecule has 0 N–H and O–H groups in total. The predicted molar refractivity (Wildman–Crippen MR) is 134 cm³/mol. The predicted octanol–water partition coefficient (Wildman–Crippen LogP) is 4.05. The van der Waals surface area contributed by atoms with Gasteiger partial charge in [0.15, 0.2) is 0 Å². The molecule has 7 nitrogen and oxygen atoms in total. The lowest BCUT2D eigenvalue weighted by molar-refractivity contribution is -0.140. The van der Waals surface area contributed by atoms with E-state index in [-0.39, 0.29) is 18.8 Å². The average molecular weight is 465 g/mol. The zero-order valence-corrected chi connectivity index (χ0v) is 20.0. The molecule has 2 rings (SSSR count). The molecule has 0 saturated carbocycles. The van der Waals surface area contributed by atoms with E-state index >= 15 is 0 Å². The molecule has 0 amide bonds. The summed E-state index contributed by atoms with van der Waals surface area (Å²) in [7, 11) is 5.63. The molecule has 34 heavy (non-hydrogen) atoms. The van der Waals surface area contributed by atoms with Crippen LogP contribution in [0, 0.1) is 11.3 Å². The van der Waals surface area contributed by atoms with Crippen LogP contribution in [0.25, 0.3) is 18.2 Å². The number of carbonyl (C=O) groups excluding carboxylic acids is 1. The van der Waals surface area contributed by atoms with Crippen molar-refractivity contribution in [2.75, 3.05) is 65.7 Å². The van der Waals surface area contributed by atoms with Crippen LogP contribution in [0.3, 0.4) is 0 Å². The number of ether oxygens (including phenoxy) is 4. The van der Waals surface area contributed by atoms with Crippen LogP contribution in [0.4, 0.5) is 5.69 Å². The van der Waals surface area contributed by atoms with Gasteiger partial charge in [0.1, 0.15) is 18.2 Å². The molecule has 7 heteroatoms. The number of esters is 1. The highest BCUT2D eigenvalue weighted by atomic mass is 16.6. The molecule has 2 aromatic rings. The molecule has 180 valence electrons. The minimum absolute atomic E-state index is 0.0628. The number of hydrogen-bond acceptors (Lipinski definition) is 7. The zero-order valence-electron chi connectivity index (χ0n) is 20.0. The Hall–Kier alpha value is -3.44. The lowest BCUT2D eigenvalue weighted by Crippen LogP contribution is -2.14. The summed E-state index contributed by atoms with van der Waals surface area (Å²) in [5.41, 5.74) is 3.94. The average Bonchev–Trinajstić information content (AvgIpc) is 2.85. The quantitative estimate of drug-likeness (QED) is 0.137. The van der Waals surface area contributed by atoms with E-state index in [0.717, 1.165) is 22.4 Å². The standard InChI is InChI=1S/C27H32N2O5/c1-29(2)26-12-10-23(11-13-26)5-4-22-6-8-24(9-7-22)20-25(21-28)27(30)34-19-18-33-17-16-32-15-14-31-3/h4-13,20H,14-19H2,1-3H3. The van der Waals surface area contributed by atoms with Crippen molar-refractivity contribution in [3.05, 3.63) is 70.8 Å². The highest BCUT2D eigenvalue weighted by Crippen LogP contribution is 2.16. The van der Waals surface area contributed by atoms with Crippen LogP contribution >= 0.6 is 0 Å². The van der Waals surface area contributed by atoms with E-state index in [9.17, 15) is 10.1 Å². The van der Waals surface area contributed by atoms with Gasteiger partial charge in [-0.15, -0.1) is 0 Å². The summed E-state index contributed by atoms with van der Waals surface area (Å²) in [5, 5.41) is 9.33. The third-order valence-corrected chi connectivity index (χ3v) is 4.73. The van der Waals surface area contributed by atoms with E-state index in [1.807, 2.05) is 56.6 Å². The number of hydrogen-bond donors (Lipinski definition) is 0. The van der Waals surface area contributed by atoms with E-state index in [2.05, 4.69) is 29.2 Å². The summed E-state index contributed by atoms with van der Waals surface area (Å²) < 4.78 is 20.6. The Kier molecular flexibility index (Phi) is 12.1. The van der Waals surface area contributed by atoms with Gasteiger partial charge in [-0.3, -0.25) is 0 Å². The number of nitriles is 1. The molecule has 0 aromatic heterocycles. The fraction of sp³-hybridized carbons (Fsp3) is 0.333. The largest absolute Gasteiger partial charge is 0.459 e. The van der Waals surface area contributed by atoms with Gasteiger partial charge in [-0.1, -0.05) is 48.6 Å². The van der Waals surface area contributed by atoms with Gasteiger partial charge in [0.2, 0.25) is 0 Å². The van der Waals surface area contributed by atoms with Crippen molar-refractivity contribution in [2.45, 2.75) is 0 Å². The molecule has 0 aliphatic heterocycles. The van der Waals surface area contributed by atoms with Gasteiger partial charge in [-0.25, -0.2) is 4.79 Å². The second kappa shape index (κ2) is 15.4. The minimum atomic E-state index is -0.674. The van der Waals surface area contributed by atoms with Crippen LogP contribution in [0.15, 0.2) is 54.1 Å². The molecule has 0 heterocycles.